The molecule has 0 saturated heterocycles. The average molecular weight is 351 g/mol. The second-order valence-electron chi connectivity index (χ2n) is 8.27. The van der Waals surface area contributed by atoms with Gasteiger partial charge in [-0.3, -0.25) is 4.90 Å². The monoisotopic (exact) mass is 350 g/mol. The number of hydrogen-bond acceptors (Lipinski definition) is 2. The van der Waals surface area contributed by atoms with E-state index in [9.17, 15) is 0 Å². The SMILES string of the molecule is Cc1cccc(CN(Cc2cccc(C)c2)CC2CCC(CN)CC2)c1. The fraction of sp³-hybridized carbons (Fsp3) is 0.500. The summed E-state index contributed by atoms with van der Waals surface area (Å²) >= 11 is 0. The van der Waals surface area contributed by atoms with Crippen LogP contribution in [0.15, 0.2) is 48.5 Å². The van der Waals surface area contributed by atoms with Crippen LogP contribution in [0.4, 0.5) is 0 Å². The van der Waals surface area contributed by atoms with E-state index in [1.807, 2.05) is 0 Å². The number of rotatable bonds is 7. The van der Waals surface area contributed by atoms with Gasteiger partial charge in [-0.1, -0.05) is 59.7 Å². The van der Waals surface area contributed by atoms with Gasteiger partial charge in [0.1, 0.15) is 0 Å². The van der Waals surface area contributed by atoms with Crippen molar-refractivity contribution in [3.63, 3.8) is 0 Å². The summed E-state index contributed by atoms with van der Waals surface area (Å²) in [6.45, 7) is 8.49. The van der Waals surface area contributed by atoms with Crippen LogP contribution in [0.1, 0.15) is 47.9 Å². The minimum Gasteiger partial charge on any atom is -0.330 e. The van der Waals surface area contributed by atoms with E-state index in [-0.39, 0.29) is 0 Å². The molecule has 26 heavy (non-hydrogen) atoms. The van der Waals surface area contributed by atoms with E-state index in [0.717, 1.165) is 31.5 Å². The van der Waals surface area contributed by atoms with Crippen molar-refractivity contribution in [2.75, 3.05) is 13.1 Å². The highest BCUT2D eigenvalue weighted by molar-refractivity contribution is 5.24. The van der Waals surface area contributed by atoms with Gasteiger partial charge in [-0.25, -0.2) is 0 Å². The molecule has 1 aliphatic carbocycles. The molecular formula is C24H34N2. The van der Waals surface area contributed by atoms with Gasteiger partial charge in [0.15, 0.2) is 0 Å². The predicted octanol–water partition coefficient (Wildman–Crippen LogP) is 5.07. The van der Waals surface area contributed by atoms with Crippen LogP contribution in [-0.2, 0) is 13.1 Å². The van der Waals surface area contributed by atoms with Gasteiger partial charge in [0.05, 0.1) is 0 Å². The normalized spacial score (nSPS) is 20.5. The first-order valence-corrected chi connectivity index (χ1v) is 10.2. The average Bonchev–Trinajstić information content (AvgIpc) is 2.62. The topological polar surface area (TPSA) is 29.3 Å². The Hall–Kier alpha value is -1.64. The Morgan fingerprint density at radius 2 is 1.31 bits per heavy atom. The summed E-state index contributed by atoms with van der Waals surface area (Å²) < 4.78 is 0. The zero-order chi connectivity index (χ0) is 18.4. The van der Waals surface area contributed by atoms with Gasteiger partial charge < -0.3 is 5.73 Å². The molecule has 2 heteroatoms. The van der Waals surface area contributed by atoms with Gasteiger partial charge in [0.2, 0.25) is 0 Å². The van der Waals surface area contributed by atoms with Gasteiger partial charge in [-0.15, -0.1) is 0 Å². The van der Waals surface area contributed by atoms with Gasteiger partial charge in [-0.05, 0) is 69.0 Å². The zero-order valence-corrected chi connectivity index (χ0v) is 16.5. The first-order valence-electron chi connectivity index (χ1n) is 10.2. The third kappa shape index (κ3) is 5.69. The van der Waals surface area contributed by atoms with E-state index >= 15 is 0 Å². The van der Waals surface area contributed by atoms with Gasteiger partial charge in [0.25, 0.3) is 0 Å². The van der Waals surface area contributed by atoms with Gasteiger partial charge in [-0.2, -0.15) is 0 Å². The maximum Gasteiger partial charge on any atom is 0.0237 e. The lowest BCUT2D eigenvalue weighted by Gasteiger charge is -2.32. The molecule has 0 atom stereocenters. The number of hydrogen-bond donors (Lipinski definition) is 1. The largest absolute Gasteiger partial charge is 0.330 e. The number of nitrogens with zero attached hydrogens (tertiary/aromatic N) is 1. The van der Waals surface area contributed by atoms with Crippen LogP contribution in [0.3, 0.4) is 0 Å². The summed E-state index contributed by atoms with van der Waals surface area (Å²) in [6.07, 6.45) is 5.29. The van der Waals surface area contributed by atoms with Crippen LogP contribution in [0.5, 0.6) is 0 Å². The maximum absolute atomic E-state index is 5.87. The third-order valence-corrected chi connectivity index (χ3v) is 5.79. The summed E-state index contributed by atoms with van der Waals surface area (Å²) in [5, 5.41) is 0. The second-order valence-corrected chi connectivity index (χ2v) is 8.27. The standard InChI is InChI=1S/C24H34N2/c1-19-5-3-7-23(13-19)17-26(18-24-8-4-6-20(2)14-24)16-22-11-9-21(15-25)10-12-22/h3-8,13-14,21-22H,9-12,15-18,25H2,1-2H3. The summed E-state index contributed by atoms with van der Waals surface area (Å²) in [5.41, 5.74) is 11.4. The van der Waals surface area contributed by atoms with E-state index < -0.39 is 0 Å². The highest BCUT2D eigenvalue weighted by atomic mass is 15.1. The van der Waals surface area contributed by atoms with Crippen LogP contribution < -0.4 is 5.73 Å². The van der Waals surface area contributed by atoms with Crippen LogP contribution in [0.25, 0.3) is 0 Å². The van der Waals surface area contributed by atoms with Crippen molar-refractivity contribution in [3.8, 4) is 0 Å². The highest BCUT2D eigenvalue weighted by Gasteiger charge is 2.22. The van der Waals surface area contributed by atoms with Crippen LogP contribution >= 0.6 is 0 Å². The molecule has 0 aromatic heterocycles. The molecule has 3 rings (SSSR count). The molecule has 1 fully saturated rings. The van der Waals surface area contributed by atoms with E-state index in [0.29, 0.717) is 0 Å². The number of nitrogens with two attached hydrogens (primary N) is 1. The van der Waals surface area contributed by atoms with Crippen molar-refractivity contribution in [2.24, 2.45) is 17.6 Å². The van der Waals surface area contributed by atoms with Crippen molar-refractivity contribution in [3.05, 3.63) is 70.8 Å². The quantitative estimate of drug-likeness (QED) is 0.755. The molecule has 140 valence electrons. The fourth-order valence-corrected chi connectivity index (χ4v) is 4.34. The Labute approximate surface area is 159 Å². The molecule has 0 bridgehead atoms. The summed E-state index contributed by atoms with van der Waals surface area (Å²) in [7, 11) is 0. The molecule has 0 aliphatic heterocycles. The Kier molecular flexibility index (Phi) is 6.87. The van der Waals surface area contributed by atoms with E-state index in [1.165, 1.54) is 54.5 Å². The Bertz CT molecular complexity index is 639. The zero-order valence-electron chi connectivity index (χ0n) is 16.5. The van der Waals surface area contributed by atoms with E-state index in [1.54, 1.807) is 0 Å². The summed E-state index contributed by atoms with van der Waals surface area (Å²) in [4.78, 5) is 2.65. The lowest BCUT2D eigenvalue weighted by atomic mass is 9.82. The van der Waals surface area contributed by atoms with E-state index in [2.05, 4.69) is 67.3 Å². The summed E-state index contributed by atoms with van der Waals surface area (Å²) in [6, 6.07) is 17.9. The van der Waals surface area contributed by atoms with E-state index in [4.69, 9.17) is 5.73 Å². The molecule has 2 N–H and O–H groups in total. The van der Waals surface area contributed by atoms with Crippen molar-refractivity contribution in [2.45, 2.75) is 52.6 Å². The maximum atomic E-state index is 5.87. The third-order valence-electron chi connectivity index (χ3n) is 5.79. The molecule has 1 aliphatic rings. The molecule has 0 radical (unpaired) electrons. The first kappa shape index (κ1) is 19.1. The fourth-order valence-electron chi connectivity index (χ4n) is 4.34. The number of aryl methyl sites for hydroxylation is 2. The molecule has 2 aromatic rings. The van der Waals surface area contributed by atoms with Crippen molar-refractivity contribution < 1.29 is 0 Å². The molecule has 0 spiro atoms. The molecular weight excluding hydrogens is 316 g/mol. The Morgan fingerprint density at radius 1 is 0.808 bits per heavy atom. The minimum atomic E-state index is 0.758. The highest BCUT2D eigenvalue weighted by Crippen LogP contribution is 2.29. The Morgan fingerprint density at radius 3 is 1.77 bits per heavy atom. The molecule has 1 saturated carbocycles. The predicted molar refractivity (Wildman–Crippen MR) is 111 cm³/mol. The molecule has 0 heterocycles. The smallest absolute Gasteiger partial charge is 0.0237 e. The summed E-state index contributed by atoms with van der Waals surface area (Å²) in [5.74, 6) is 1.57. The van der Waals surface area contributed by atoms with Gasteiger partial charge in [0, 0.05) is 19.6 Å². The molecule has 2 aromatic carbocycles. The van der Waals surface area contributed by atoms with Crippen molar-refractivity contribution in [1.82, 2.24) is 4.90 Å². The van der Waals surface area contributed by atoms with Crippen LogP contribution in [0.2, 0.25) is 0 Å². The first-order chi connectivity index (χ1) is 12.6. The minimum absolute atomic E-state index is 0.758. The Balaban J connectivity index is 1.68. The number of benzene rings is 2. The lowest BCUT2D eigenvalue weighted by Crippen LogP contribution is -2.32. The molecule has 0 unspecified atom stereocenters. The van der Waals surface area contributed by atoms with Crippen molar-refractivity contribution >= 4 is 0 Å². The molecule has 2 nitrogen and oxygen atoms in total. The molecule has 0 amide bonds. The van der Waals surface area contributed by atoms with Crippen LogP contribution in [0, 0.1) is 25.7 Å². The van der Waals surface area contributed by atoms with Crippen LogP contribution in [-0.4, -0.2) is 18.0 Å². The van der Waals surface area contributed by atoms with Crippen molar-refractivity contribution in [1.29, 1.82) is 0 Å². The lowest BCUT2D eigenvalue weighted by molar-refractivity contribution is 0.170. The second kappa shape index (κ2) is 9.34. The van der Waals surface area contributed by atoms with Gasteiger partial charge >= 0.3 is 0 Å².